The van der Waals surface area contributed by atoms with Crippen LogP contribution in [-0.2, 0) is 14.1 Å². The number of nitrogens with one attached hydrogen (secondary N) is 1. The molecular weight excluding hydrogens is 321 g/mol. The molecule has 1 unspecified atom stereocenters. The van der Waals surface area contributed by atoms with Crippen molar-refractivity contribution in [1.82, 2.24) is 0 Å². The van der Waals surface area contributed by atoms with E-state index in [4.69, 9.17) is 4.74 Å². The van der Waals surface area contributed by atoms with Gasteiger partial charge >= 0.3 is 5.97 Å². The SMILES string of the molecule is CCOC(=O)c1ccc2c(c1)NC(=O)C(P(=O)(CC)CC)S2. The van der Waals surface area contributed by atoms with Crippen LogP contribution in [0.2, 0.25) is 0 Å². The fourth-order valence-electron chi connectivity index (χ4n) is 2.31. The van der Waals surface area contributed by atoms with Gasteiger partial charge in [0.05, 0.1) is 17.9 Å². The van der Waals surface area contributed by atoms with Crippen molar-refractivity contribution in [3.63, 3.8) is 0 Å². The molecule has 1 N–H and O–H groups in total. The lowest BCUT2D eigenvalue weighted by molar-refractivity contribution is -0.114. The number of carbonyl (C=O) groups is 2. The van der Waals surface area contributed by atoms with Gasteiger partial charge in [0.25, 0.3) is 0 Å². The number of anilines is 1. The van der Waals surface area contributed by atoms with E-state index in [1.165, 1.54) is 11.8 Å². The molecule has 0 aliphatic carbocycles. The first kappa shape index (κ1) is 17.1. The van der Waals surface area contributed by atoms with Crippen LogP contribution >= 0.6 is 18.9 Å². The number of fused-ring (bicyclic) bond motifs is 1. The average molecular weight is 341 g/mol. The third kappa shape index (κ3) is 3.23. The molecule has 0 saturated heterocycles. The molecule has 1 amide bonds. The molecule has 0 bridgehead atoms. The molecule has 1 heterocycles. The molecule has 0 saturated carbocycles. The number of thioether (sulfide) groups is 1. The highest BCUT2D eigenvalue weighted by molar-refractivity contribution is 8.07. The number of hydrogen-bond acceptors (Lipinski definition) is 5. The summed E-state index contributed by atoms with van der Waals surface area (Å²) >= 11 is 1.33. The van der Waals surface area contributed by atoms with E-state index in [9.17, 15) is 14.2 Å². The third-order valence-electron chi connectivity index (χ3n) is 3.71. The van der Waals surface area contributed by atoms with E-state index in [-0.39, 0.29) is 5.91 Å². The minimum absolute atomic E-state index is 0.245. The summed E-state index contributed by atoms with van der Waals surface area (Å²) in [7, 11) is -2.55. The Bertz CT molecular complexity index is 638. The molecule has 1 aromatic rings. The maximum Gasteiger partial charge on any atom is 0.338 e. The van der Waals surface area contributed by atoms with Gasteiger partial charge in [0.2, 0.25) is 5.91 Å². The van der Waals surface area contributed by atoms with Gasteiger partial charge < -0.3 is 14.6 Å². The minimum Gasteiger partial charge on any atom is -0.462 e. The molecule has 0 fully saturated rings. The number of ether oxygens (including phenoxy) is 1. The predicted octanol–water partition coefficient (Wildman–Crippen LogP) is 3.64. The third-order valence-corrected chi connectivity index (χ3v) is 9.46. The normalized spacial score (nSPS) is 17.6. The van der Waals surface area contributed by atoms with Crippen molar-refractivity contribution in [2.24, 2.45) is 0 Å². The highest BCUT2D eigenvalue weighted by Gasteiger charge is 2.39. The van der Waals surface area contributed by atoms with E-state index < -0.39 is 18.1 Å². The molecular formula is C15H20NO4PS. The number of hydrogen-bond donors (Lipinski definition) is 1. The van der Waals surface area contributed by atoms with Crippen LogP contribution in [0.4, 0.5) is 5.69 Å². The van der Waals surface area contributed by atoms with Gasteiger partial charge in [0.1, 0.15) is 12.1 Å². The van der Waals surface area contributed by atoms with Crippen LogP contribution in [-0.4, -0.2) is 35.8 Å². The molecule has 1 aromatic carbocycles. The van der Waals surface area contributed by atoms with E-state index in [1.807, 2.05) is 13.8 Å². The largest absolute Gasteiger partial charge is 0.462 e. The minimum atomic E-state index is -2.55. The van der Waals surface area contributed by atoms with E-state index in [1.54, 1.807) is 25.1 Å². The number of benzene rings is 1. The Morgan fingerprint density at radius 3 is 2.59 bits per heavy atom. The molecule has 120 valence electrons. The van der Waals surface area contributed by atoms with E-state index in [2.05, 4.69) is 5.32 Å². The number of amides is 1. The summed E-state index contributed by atoms with van der Waals surface area (Å²) in [5.74, 6) is -0.662. The Balaban J connectivity index is 2.31. The fourth-order valence-corrected chi connectivity index (χ4v) is 6.70. The molecule has 0 radical (unpaired) electrons. The second-order valence-electron chi connectivity index (χ2n) is 4.98. The Morgan fingerprint density at radius 2 is 2.00 bits per heavy atom. The van der Waals surface area contributed by atoms with Crippen molar-refractivity contribution in [3.05, 3.63) is 23.8 Å². The fraction of sp³-hybridized carbons (Fsp3) is 0.467. The predicted molar refractivity (Wildman–Crippen MR) is 89.4 cm³/mol. The second kappa shape index (κ2) is 6.88. The molecule has 0 spiro atoms. The average Bonchev–Trinajstić information content (AvgIpc) is 2.53. The van der Waals surface area contributed by atoms with Gasteiger partial charge in [-0.25, -0.2) is 4.79 Å². The molecule has 22 heavy (non-hydrogen) atoms. The Hall–Kier alpha value is -1.26. The van der Waals surface area contributed by atoms with Crippen LogP contribution in [0.1, 0.15) is 31.1 Å². The van der Waals surface area contributed by atoms with E-state index in [0.717, 1.165) is 4.90 Å². The Kier molecular flexibility index (Phi) is 5.35. The molecule has 5 nitrogen and oxygen atoms in total. The molecule has 1 aliphatic rings. The zero-order chi connectivity index (χ0) is 16.3. The monoisotopic (exact) mass is 341 g/mol. The Labute approximate surface area is 134 Å². The summed E-state index contributed by atoms with van der Waals surface area (Å²) < 4.78 is 17.8. The van der Waals surface area contributed by atoms with E-state index in [0.29, 0.717) is 30.2 Å². The molecule has 0 aromatic heterocycles. The lowest BCUT2D eigenvalue weighted by Crippen LogP contribution is -2.30. The summed E-state index contributed by atoms with van der Waals surface area (Å²) in [5, 5.41) is 2.78. The van der Waals surface area contributed by atoms with Gasteiger partial charge in [-0.1, -0.05) is 13.8 Å². The maximum absolute atomic E-state index is 12.8. The van der Waals surface area contributed by atoms with Crippen LogP contribution in [0.3, 0.4) is 0 Å². The van der Waals surface area contributed by atoms with Crippen molar-refractivity contribution in [3.8, 4) is 0 Å². The lowest BCUT2D eigenvalue weighted by Gasteiger charge is -2.29. The first-order valence-corrected chi connectivity index (χ1v) is 10.3. The number of rotatable bonds is 5. The summed E-state index contributed by atoms with van der Waals surface area (Å²) in [4.78, 5) is 24.3. The second-order valence-corrected chi connectivity index (χ2v) is 10.2. The molecule has 1 atom stereocenters. The van der Waals surface area contributed by atoms with Gasteiger partial charge in [-0.05, 0) is 37.4 Å². The van der Waals surface area contributed by atoms with Crippen LogP contribution in [0.25, 0.3) is 0 Å². The van der Waals surface area contributed by atoms with E-state index >= 15 is 0 Å². The zero-order valence-corrected chi connectivity index (χ0v) is 14.6. The summed E-state index contributed by atoms with van der Waals surface area (Å²) in [6.45, 7) is 5.76. The summed E-state index contributed by atoms with van der Waals surface area (Å²) in [6, 6.07) is 5.05. The van der Waals surface area contributed by atoms with Crippen LogP contribution in [0.15, 0.2) is 23.1 Å². The van der Waals surface area contributed by atoms with Crippen LogP contribution < -0.4 is 5.32 Å². The van der Waals surface area contributed by atoms with Crippen molar-refractivity contribution in [1.29, 1.82) is 0 Å². The van der Waals surface area contributed by atoms with Crippen molar-refractivity contribution < 1.29 is 18.9 Å². The standard InChI is InChI=1S/C15H20NO4PS/c1-4-20-14(18)10-7-8-12-11(9-10)16-13(17)15(22-12)21(19,5-2)6-3/h7-9,15H,4-6H2,1-3H3,(H,16,17). The van der Waals surface area contributed by atoms with Gasteiger partial charge in [-0.2, -0.15) is 0 Å². The number of esters is 1. The first-order valence-electron chi connectivity index (χ1n) is 7.31. The number of carbonyl (C=O) groups excluding carboxylic acids is 2. The molecule has 7 heteroatoms. The highest BCUT2D eigenvalue weighted by Crippen LogP contribution is 2.58. The smallest absolute Gasteiger partial charge is 0.338 e. The topological polar surface area (TPSA) is 72.5 Å². The van der Waals surface area contributed by atoms with Gasteiger partial charge in [0, 0.05) is 4.90 Å². The lowest BCUT2D eigenvalue weighted by atomic mass is 10.2. The van der Waals surface area contributed by atoms with Crippen molar-refractivity contribution >= 4 is 36.5 Å². The van der Waals surface area contributed by atoms with Gasteiger partial charge in [0.15, 0.2) is 0 Å². The summed E-state index contributed by atoms with van der Waals surface area (Å²) in [6.07, 6.45) is 1.01. The molecule has 1 aliphatic heterocycles. The van der Waals surface area contributed by atoms with Gasteiger partial charge in [-0.3, -0.25) is 4.79 Å². The maximum atomic E-state index is 12.8. The van der Waals surface area contributed by atoms with Crippen LogP contribution in [0.5, 0.6) is 0 Å². The quantitative estimate of drug-likeness (QED) is 0.654. The highest BCUT2D eigenvalue weighted by atomic mass is 32.2. The summed E-state index contributed by atoms with van der Waals surface area (Å²) in [5.41, 5.74) is 0.977. The van der Waals surface area contributed by atoms with Crippen LogP contribution in [0, 0.1) is 0 Å². The molecule has 2 rings (SSSR count). The van der Waals surface area contributed by atoms with Crippen molar-refractivity contribution in [2.45, 2.75) is 30.7 Å². The zero-order valence-electron chi connectivity index (χ0n) is 12.9. The van der Waals surface area contributed by atoms with Gasteiger partial charge in [-0.15, -0.1) is 11.8 Å². The van der Waals surface area contributed by atoms with Crippen molar-refractivity contribution in [2.75, 3.05) is 24.2 Å². The Morgan fingerprint density at radius 1 is 1.32 bits per heavy atom. The first-order chi connectivity index (χ1) is 10.4.